The van der Waals surface area contributed by atoms with E-state index in [4.69, 9.17) is 4.74 Å². The van der Waals surface area contributed by atoms with Gasteiger partial charge in [0.25, 0.3) is 5.91 Å². The Balaban J connectivity index is 1.65. The zero-order valence-electron chi connectivity index (χ0n) is 14.6. The van der Waals surface area contributed by atoms with Crippen LogP contribution >= 0.6 is 0 Å². The summed E-state index contributed by atoms with van der Waals surface area (Å²) < 4.78 is 5.86. The van der Waals surface area contributed by atoms with Gasteiger partial charge in [-0.15, -0.1) is 0 Å². The molecule has 0 aliphatic carbocycles. The molecule has 4 heteroatoms. The van der Waals surface area contributed by atoms with Crippen LogP contribution in [0.25, 0.3) is 0 Å². The van der Waals surface area contributed by atoms with E-state index in [1.54, 1.807) is 6.07 Å². The monoisotopic (exact) mass is 339 g/mol. The first kappa shape index (κ1) is 17.5. The lowest BCUT2D eigenvalue weighted by atomic mass is 9.98. The molecule has 1 heterocycles. The third-order valence-corrected chi connectivity index (χ3v) is 4.63. The van der Waals surface area contributed by atoms with E-state index in [0.29, 0.717) is 24.5 Å². The summed E-state index contributed by atoms with van der Waals surface area (Å²) in [5.41, 5.74) is 2.95. The maximum atomic E-state index is 12.7. The molecule has 1 atom stereocenters. The van der Waals surface area contributed by atoms with Crippen LogP contribution in [0.15, 0.2) is 48.5 Å². The molecule has 0 aromatic heterocycles. The lowest BCUT2D eigenvalue weighted by Crippen LogP contribution is -2.40. The number of carbonyl (C=O) groups excluding carboxylic acids is 1. The Bertz CT molecular complexity index is 729. The Kier molecular flexibility index (Phi) is 5.71. The van der Waals surface area contributed by atoms with Crippen LogP contribution in [0.2, 0.25) is 0 Å². The SMILES string of the molecule is Cc1cccc(COc2cccc(C(=O)N3CCCC(CO)C3)c2)c1. The maximum Gasteiger partial charge on any atom is 0.253 e. The summed E-state index contributed by atoms with van der Waals surface area (Å²) in [7, 11) is 0. The molecule has 1 amide bonds. The van der Waals surface area contributed by atoms with E-state index >= 15 is 0 Å². The molecule has 1 aliphatic rings. The van der Waals surface area contributed by atoms with Crippen LogP contribution in [0.4, 0.5) is 0 Å². The highest BCUT2D eigenvalue weighted by Crippen LogP contribution is 2.21. The lowest BCUT2D eigenvalue weighted by Gasteiger charge is -2.32. The van der Waals surface area contributed by atoms with E-state index in [0.717, 1.165) is 24.9 Å². The number of hydrogen-bond acceptors (Lipinski definition) is 3. The minimum Gasteiger partial charge on any atom is -0.489 e. The van der Waals surface area contributed by atoms with E-state index < -0.39 is 0 Å². The molecule has 0 saturated carbocycles. The number of rotatable bonds is 5. The van der Waals surface area contributed by atoms with Crippen molar-refractivity contribution in [2.24, 2.45) is 5.92 Å². The highest BCUT2D eigenvalue weighted by Gasteiger charge is 2.24. The Hall–Kier alpha value is -2.33. The third kappa shape index (κ3) is 4.60. The summed E-state index contributed by atoms with van der Waals surface area (Å²) in [5.74, 6) is 0.903. The molecule has 0 spiro atoms. The van der Waals surface area contributed by atoms with Gasteiger partial charge >= 0.3 is 0 Å². The van der Waals surface area contributed by atoms with E-state index in [-0.39, 0.29) is 18.4 Å². The predicted octanol–water partition coefficient (Wildman–Crippen LogP) is 3.42. The molecule has 2 aromatic carbocycles. The van der Waals surface area contributed by atoms with Gasteiger partial charge in [0, 0.05) is 25.3 Å². The Morgan fingerprint density at radius 2 is 2.08 bits per heavy atom. The van der Waals surface area contributed by atoms with Crippen molar-refractivity contribution in [1.29, 1.82) is 0 Å². The van der Waals surface area contributed by atoms with Crippen LogP contribution in [0.1, 0.15) is 34.3 Å². The minimum absolute atomic E-state index is 0.0131. The summed E-state index contributed by atoms with van der Waals surface area (Å²) in [6.07, 6.45) is 1.93. The fourth-order valence-corrected chi connectivity index (χ4v) is 3.27. The first-order valence-electron chi connectivity index (χ1n) is 8.84. The molecule has 132 valence electrons. The number of amides is 1. The van der Waals surface area contributed by atoms with Crippen LogP contribution in [0.5, 0.6) is 5.75 Å². The van der Waals surface area contributed by atoms with Crippen molar-refractivity contribution >= 4 is 5.91 Å². The first-order valence-corrected chi connectivity index (χ1v) is 8.84. The molecule has 4 nitrogen and oxygen atoms in total. The van der Waals surface area contributed by atoms with Crippen molar-refractivity contribution in [3.05, 3.63) is 65.2 Å². The third-order valence-electron chi connectivity index (χ3n) is 4.63. The van der Waals surface area contributed by atoms with E-state index in [1.165, 1.54) is 5.56 Å². The standard InChI is InChI=1S/C21H25NO3/c1-16-5-2-6-17(11-16)15-25-20-9-3-8-19(12-20)21(24)22-10-4-7-18(13-22)14-23/h2-3,5-6,8-9,11-12,18,23H,4,7,10,13-15H2,1H3. The average Bonchev–Trinajstić information content (AvgIpc) is 2.66. The van der Waals surface area contributed by atoms with Gasteiger partial charge in [0.15, 0.2) is 0 Å². The van der Waals surface area contributed by atoms with Crippen molar-refractivity contribution in [2.75, 3.05) is 19.7 Å². The average molecular weight is 339 g/mol. The summed E-state index contributed by atoms with van der Waals surface area (Å²) in [6.45, 7) is 4.06. The number of aryl methyl sites for hydroxylation is 1. The van der Waals surface area contributed by atoms with E-state index in [1.807, 2.05) is 35.2 Å². The molecule has 1 saturated heterocycles. The molecule has 2 aromatic rings. The van der Waals surface area contributed by atoms with Crippen molar-refractivity contribution in [3.8, 4) is 5.75 Å². The summed E-state index contributed by atoms with van der Waals surface area (Å²) in [4.78, 5) is 14.6. The highest BCUT2D eigenvalue weighted by molar-refractivity contribution is 5.94. The van der Waals surface area contributed by atoms with E-state index in [9.17, 15) is 9.90 Å². The van der Waals surface area contributed by atoms with Gasteiger partial charge in [-0.1, -0.05) is 35.9 Å². The van der Waals surface area contributed by atoms with Gasteiger partial charge in [0.2, 0.25) is 0 Å². The van der Waals surface area contributed by atoms with Crippen molar-refractivity contribution < 1.29 is 14.6 Å². The fraction of sp³-hybridized carbons (Fsp3) is 0.381. The van der Waals surface area contributed by atoms with Crippen molar-refractivity contribution in [2.45, 2.75) is 26.4 Å². The van der Waals surface area contributed by atoms with Gasteiger partial charge < -0.3 is 14.7 Å². The predicted molar refractivity (Wildman–Crippen MR) is 97.7 cm³/mol. The van der Waals surface area contributed by atoms with Crippen LogP contribution in [-0.4, -0.2) is 35.6 Å². The van der Waals surface area contributed by atoms with Crippen molar-refractivity contribution in [1.82, 2.24) is 4.90 Å². The quantitative estimate of drug-likeness (QED) is 0.908. The van der Waals surface area contributed by atoms with Gasteiger partial charge in [-0.3, -0.25) is 4.79 Å². The van der Waals surface area contributed by atoms with Crippen LogP contribution < -0.4 is 4.74 Å². The summed E-state index contributed by atoms with van der Waals surface area (Å²) in [5, 5.41) is 9.34. The summed E-state index contributed by atoms with van der Waals surface area (Å²) >= 11 is 0. The second-order valence-electron chi connectivity index (χ2n) is 6.75. The minimum atomic E-state index is 0.0131. The lowest BCUT2D eigenvalue weighted by molar-refractivity contribution is 0.0620. The number of hydrogen-bond donors (Lipinski definition) is 1. The number of aliphatic hydroxyl groups is 1. The number of benzene rings is 2. The number of ether oxygens (including phenoxy) is 1. The number of nitrogens with zero attached hydrogens (tertiary/aromatic N) is 1. The second kappa shape index (κ2) is 8.17. The number of piperidine rings is 1. The zero-order valence-corrected chi connectivity index (χ0v) is 14.6. The Morgan fingerprint density at radius 1 is 1.24 bits per heavy atom. The van der Waals surface area contributed by atoms with Crippen LogP contribution in [-0.2, 0) is 6.61 Å². The number of likely N-dealkylation sites (tertiary alicyclic amines) is 1. The fourth-order valence-electron chi connectivity index (χ4n) is 3.27. The molecule has 1 unspecified atom stereocenters. The Labute approximate surface area is 149 Å². The Morgan fingerprint density at radius 3 is 2.88 bits per heavy atom. The topological polar surface area (TPSA) is 49.8 Å². The van der Waals surface area contributed by atoms with Crippen LogP contribution in [0, 0.1) is 12.8 Å². The van der Waals surface area contributed by atoms with Gasteiger partial charge in [0.1, 0.15) is 12.4 Å². The molecule has 1 aliphatic heterocycles. The first-order chi connectivity index (χ1) is 12.2. The van der Waals surface area contributed by atoms with Gasteiger partial charge in [-0.2, -0.15) is 0 Å². The second-order valence-corrected chi connectivity index (χ2v) is 6.75. The molecular weight excluding hydrogens is 314 g/mol. The molecule has 0 radical (unpaired) electrons. The molecule has 1 N–H and O–H groups in total. The smallest absolute Gasteiger partial charge is 0.253 e. The van der Waals surface area contributed by atoms with Gasteiger partial charge in [0.05, 0.1) is 0 Å². The largest absolute Gasteiger partial charge is 0.489 e. The molecule has 25 heavy (non-hydrogen) atoms. The molecular formula is C21H25NO3. The van der Waals surface area contributed by atoms with Gasteiger partial charge in [-0.25, -0.2) is 0 Å². The van der Waals surface area contributed by atoms with Crippen LogP contribution in [0.3, 0.4) is 0 Å². The highest BCUT2D eigenvalue weighted by atomic mass is 16.5. The van der Waals surface area contributed by atoms with Crippen molar-refractivity contribution in [3.63, 3.8) is 0 Å². The van der Waals surface area contributed by atoms with E-state index in [2.05, 4.69) is 19.1 Å². The normalized spacial score (nSPS) is 17.4. The number of carbonyl (C=O) groups is 1. The molecule has 0 bridgehead atoms. The van der Waals surface area contributed by atoms with Gasteiger partial charge in [-0.05, 0) is 49.4 Å². The maximum absolute atomic E-state index is 12.7. The number of aliphatic hydroxyl groups excluding tert-OH is 1. The molecule has 3 rings (SSSR count). The zero-order chi connectivity index (χ0) is 17.6. The molecule has 1 fully saturated rings. The summed E-state index contributed by atoms with van der Waals surface area (Å²) in [6, 6.07) is 15.6.